The lowest BCUT2D eigenvalue weighted by atomic mass is 9.79. The van der Waals surface area contributed by atoms with Crippen LogP contribution in [0.5, 0.6) is 0 Å². The average molecular weight is 841 g/mol. The normalized spacial score (nSPS) is 42.9. The highest BCUT2D eigenvalue weighted by atomic mass is 16.7. The molecule has 3 fully saturated rings. The number of carbonyl (C=O) groups is 2. The van der Waals surface area contributed by atoms with Crippen LogP contribution in [0.2, 0.25) is 0 Å². The van der Waals surface area contributed by atoms with Gasteiger partial charge in [0.15, 0.2) is 18.4 Å². The summed E-state index contributed by atoms with van der Waals surface area (Å²) in [4.78, 5) is 31.9. The van der Waals surface area contributed by atoms with Crippen LogP contribution < -0.4 is 0 Å². The van der Waals surface area contributed by atoms with Gasteiger partial charge in [-0.05, 0) is 98.6 Å². The minimum absolute atomic E-state index is 0.0451. The Morgan fingerprint density at radius 1 is 0.847 bits per heavy atom. The van der Waals surface area contributed by atoms with Gasteiger partial charge in [-0.3, -0.25) is 9.59 Å². The zero-order chi connectivity index (χ0) is 43.6. The highest BCUT2D eigenvalue weighted by Gasteiger charge is 2.48. The van der Waals surface area contributed by atoms with Gasteiger partial charge in [-0.1, -0.05) is 44.9 Å². The Labute approximate surface area is 352 Å². The standard InChI is InChI=1S/C44H76N2O13/c1-11-34-31(24-55-44-42(54-10)41(53-9)38(51)29(6)57-44)21-25(2)15-16-32(47)26(3)22-30(17-20-46-18-13-12-14-19-46)40(27(4)33(48)23-35(49)58-34)59-43-39(52)36(45(7)8)37(50)28(5)56-43/h15-16,21,26-31,33-34,36-44,48,50-52H,11-14,17-20,22-24H2,1-10H3/b16-15+,25-21+/t26-,27+,28-,29-,30+,31-,33-,34-,36+,37-,38-,39-,40-,41-,42-,43+,44-/m1/s1. The maximum Gasteiger partial charge on any atom is 0.308 e. The molecule has 4 N–H and O–H groups in total. The van der Waals surface area contributed by atoms with Crippen LogP contribution in [0.1, 0.15) is 86.5 Å². The number of likely N-dealkylation sites (tertiary alicyclic amines) is 1. The molecule has 0 spiro atoms. The van der Waals surface area contributed by atoms with Gasteiger partial charge in [0.2, 0.25) is 0 Å². The topological polar surface area (TPSA) is 186 Å². The molecule has 4 aliphatic rings. The minimum atomic E-state index is -1.22. The number of aliphatic hydroxyl groups excluding tert-OH is 4. The van der Waals surface area contributed by atoms with Crippen LogP contribution in [0.4, 0.5) is 0 Å². The van der Waals surface area contributed by atoms with E-state index in [-0.39, 0.29) is 24.7 Å². The number of cyclic esters (lactones) is 1. The van der Waals surface area contributed by atoms with Crippen molar-refractivity contribution in [3.63, 3.8) is 0 Å². The van der Waals surface area contributed by atoms with E-state index in [1.54, 1.807) is 45.0 Å². The molecular formula is C44H76N2O13. The van der Waals surface area contributed by atoms with Gasteiger partial charge in [-0.15, -0.1) is 0 Å². The Morgan fingerprint density at radius 3 is 2.12 bits per heavy atom. The van der Waals surface area contributed by atoms with Crippen molar-refractivity contribution in [2.75, 3.05) is 54.6 Å². The lowest BCUT2D eigenvalue weighted by Gasteiger charge is -2.47. The SMILES string of the molecule is CC[C@H]1OC(=O)C[C@@H](O)[C@H](C)[C@@H](O[C@@H]2O[C@H](C)[C@@H](O)[C@H](N(C)C)[C@H]2O)[C@@H](CCN2CCCCC2)C[C@@H](C)C(=O)/C=C/C(C)=C/[C@@H]1CO[C@@H]1O[C@H](C)[C@@H](O)[C@@H](OC)[C@H]1OC. The van der Waals surface area contributed by atoms with E-state index in [2.05, 4.69) is 4.90 Å². The molecule has 15 heteroatoms. The second-order valence-electron chi connectivity index (χ2n) is 17.6. The first-order chi connectivity index (χ1) is 28.0. The Morgan fingerprint density at radius 2 is 1.49 bits per heavy atom. The molecule has 0 bridgehead atoms. The number of nitrogens with zero attached hydrogens (tertiary/aromatic N) is 2. The minimum Gasteiger partial charge on any atom is -0.462 e. The van der Waals surface area contributed by atoms with E-state index in [9.17, 15) is 30.0 Å². The van der Waals surface area contributed by atoms with Crippen molar-refractivity contribution in [1.82, 2.24) is 9.80 Å². The van der Waals surface area contributed by atoms with Gasteiger partial charge >= 0.3 is 5.97 Å². The van der Waals surface area contributed by atoms with Crippen molar-refractivity contribution in [3.05, 3.63) is 23.8 Å². The van der Waals surface area contributed by atoms with E-state index in [1.165, 1.54) is 20.6 Å². The number of aliphatic hydroxyl groups is 4. The number of hydrogen-bond donors (Lipinski definition) is 4. The second-order valence-corrected chi connectivity index (χ2v) is 17.6. The maximum atomic E-state index is 13.9. The molecule has 15 nitrogen and oxygen atoms in total. The summed E-state index contributed by atoms with van der Waals surface area (Å²) in [5.41, 5.74) is 0.763. The number of likely N-dealkylation sites (N-methyl/N-ethyl adjacent to an activating group) is 1. The number of carbonyl (C=O) groups excluding carboxylic acids is 2. The summed E-state index contributed by atoms with van der Waals surface area (Å²) in [6, 6.07) is -0.678. The lowest BCUT2D eigenvalue weighted by Crippen LogP contribution is -2.63. The fourth-order valence-electron chi connectivity index (χ4n) is 9.22. The molecule has 59 heavy (non-hydrogen) atoms. The maximum absolute atomic E-state index is 13.9. The van der Waals surface area contributed by atoms with Crippen molar-refractivity contribution in [3.8, 4) is 0 Å². The molecule has 4 heterocycles. The molecule has 0 aromatic rings. The fourth-order valence-corrected chi connectivity index (χ4v) is 9.22. The van der Waals surface area contributed by atoms with E-state index in [4.69, 9.17) is 33.2 Å². The number of ether oxygens (including phenoxy) is 7. The summed E-state index contributed by atoms with van der Waals surface area (Å²) in [7, 11) is 6.53. The van der Waals surface area contributed by atoms with Gasteiger partial charge in [0.25, 0.3) is 0 Å². The van der Waals surface area contributed by atoms with E-state index >= 15 is 0 Å². The molecule has 3 saturated heterocycles. The molecule has 0 amide bonds. The zero-order valence-corrected chi connectivity index (χ0v) is 37.2. The Hall–Kier alpha value is -1.86. The van der Waals surface area contributed by atoms with Crippen molar-refractivity contribution in [2.45, 2.75) is 166 Å². The lowest BCUT2D eigenvalue weighted by molar-refractivity contribution is -0.304. The zero-order valence-electron chi connectivity index (χ0n) is 37.2. The molecule has 0 saturated carbocycles. The van der Waals surface area contributed by atoms with Crippen molar-refractivity contribution in [1.29, 1.82) is 0 Å². The molecular weight excluding hydrogens is 764 g/mol. The first kappa shape index (κ1) is 49.8. The van der Waals surface area contributed by atoms with Crippen molar-refractivity contribution >= 4 is 11.8 Å². The molecule has 0 aromatic carbocycles. The molecule has 4 rings (SSSR count). The Bertz CT molecular complexity index is 1360. The van der Waals surface area contributed by atoms with Crippen LogP contribution in [-0.4, -0.2) is 176 Å². The third kappa shape index (κ3) is 13.3. The number of hydrogen-bond acceptors (Lipinski definition) is 15. The summed E-state index contributed by atoms with van der Waals surface area (Å²) < 4.78 is 42.5. The van der Waals surface area contributed by atoms with Crippen LogP contribution in [0.25, 0.3) is 0 Å². The summed E-state index contributed by atoms with van der Waals surface area (Å²) in [6.07, 6.45) is -0.601. The van der Waals surface area contributed by atoms with E-state index < -0.39 is 103 Å². The van der Waals surface area contributed by atoms with Gasteiger partial charge < -0.3 is 63.4 Å². The first-order valence-electron chi connectivity index (χ1n) is 21.8. The molecule has 340 valence electrons. The summed E-state index contributed by atoms with van der Waals surface area (Å²) >= 11 is 0. The predicted octanol–water partition coefficient (Wildman–Crippen LogP) is 2.85. The van der Waals surface area contributed by atoms with Crippen LogP contribution in [0.15, 0.2) is 23.8 Å². The predicted molar refractivity (Wildman–Crippen MR) is 220 cm³/mol. The summed E-state index contributed by atoms with van der Waals surface area (Å²) in [5.74, 6) is -2.50. The van der Waals surface area contributed by atoms with Gasteiger partial charge in [-0.2, -0.15) is 0 Å². The number of allylic oxidation sites excluding steroid dienone is 3. The molecule has 0 radical (unpaired) electrons. The van der Waals surface area contributed by atoms with E-state index in [0.29, 0.717) is 19.3 Å². The number of methoxy groups -OCH3 is 2. The van der Waals surface area contributed by atoms with Gasteiger partial charge in [0, 0.05) is 32.0 Å². The molecule has 0 aromatic heterocycles. The molecule has 4 aliphatic heterocycles. The Kier molecular flexibility index (Phi) is 19.9. The second kappa shape index (κ2) is 23.5. The Balaban J connectivity index is 1.67. The van der Waals surface area contributed by atoms with Crippen LogP contribution in [0.3, 0.4) is 0 Å². The van der Waals surface area contributed by atoms with Crippen molar-refractivity contribution in [2.24, 2.45) is 23.7 Å². The third-order valence-electron chi connectivity index (χ3n) is 13.0. The van der Waals surface area contributed by atoms with Crippen molar-refractivity contribution < 1.29 is 63.2 Å². The van der Waals surface area contributed by atoms with E-state index in [0.717, 1.165) is 38.0 Å². The number of rotatable bonds is 12. The average Bonchev–Trinajstić information content (AvgIpc) is 3.20. The van der Waals surface area contributed by atoms with Crippen LogP contribution >= 0.6 is 0 Å². The monoisotopic (exact) mass is 841 g/mol. The molecule has 0 aliphatic carbocycles. The van der Waals surface area contributed by atoms with Gasteiger partial charge in [0.05, 0.1) is 49.6 Å². The first-order valence-corrected chi connectivity index (χ1v) is 21.8. The van der Waals surface area contributed by atoms with Crippen LogP contribution in [-0.2, 0) is 42.7 Å². The quantitative estimate of drug-likeness (QED) is 0.210. The summed E-state index contributed by atoms with van der Waals surface area (Å²) in [5, 5.41) is 45.1. The fraction of sp³-hybridized carbons (Fsp3) is 0.864. The highest BCUT2D eigenvalue weighted by molar-refractivity contribution is 5.91. The van der Waals surface area contributed by atoms with E-state index in [1.807, 2.05) is 33.8 Å². The summed E-state index contributed by atoms with van der Waals surface area (Å²) in [6.45, 7) is 13.7. The third-order valence-corrected chi connectivity index (χ3v) is 13.0. The number of esters is 1. The van der Waals surface area contributed by atoms with Gasteiger partial charge in [0.1, 0.15) is 30.5 Å². The smallest absolute Gasteiger partial charge is 0.308 e. The number of ketones is 1. The van der Waals surface area contributed by atoms with Crippen LogP contribution in [0, 0.1) is 23.7 Å². The number of piperidine rings is 1. The molecule has 0 unspecified atom stereocenters. The molecule has 17 atom stereocenters. The van der Waals surface area contributed by atoms with Gasteiger partial charge in [-0.25, -0.2) is 0 Å². The largest absolute Gasteiger partial charge is 0.462 e. The highest BCUT2D eigenvalue weighted by Crippen LogP contribution is 2.35.